The first-order valence-corrected chi connectivity index (χ1v) is 9.59. The minimum absolute atomic E-state index is 0.215. The minimum Gasteiger partial charge on any atom is -0.383 e. The highest BCUT2D eigenvalue weighted by Crippen LogP contribution is 2.41. The van der Waals surface area contributed by atoms with Crippen LogP contribution in [-0.4, -0.2) is 65.4 Å². The summed E-state index contributed by atoms with van der Waals surface area (Å²) in [5, 5.41) is 5.22. The van der Waals surface area contributed by atoms with Gasteiger partial charge in [0.15, 0.2) is 0 Å². The van der Waals surface area contributed by atoms with E-state index in [4.69, 9.17) is 16.3 Å². The molecule has 1 aromatic heterocycles. The van der Waals surface area contributed by atoms with Crippen LogP contribution in [0.25, 0.3) is 0 Å². The van der Waals surface area contributed by atoms with Crippen LogP contribution >= 0.6 is 11.6 Å². The van der Waals surface area contributed by atoms with E-state index in [-0.39, 0.29) is 5.41 Å². The van der Waals surface area contributed by atoms with Crippen molar-refractivity contribution < 1.29 is 9.53 Å². The van der Waals surface area contributed by atoms with E-state index in [9.17, 15) is 4.79 Å². The number of carbonyl (C=O) groups is 1. The average molecular weight is 369 g/mol. The number of amides is 1. The van der Waals surface area contributed by atoms with E-state index in [0.717, 1.165) is 68.3 Å². The Bertz CT molecular complexity index is 633. The Balaban J connectivity index is 1.70. The molecule has 0 aromatic carbocycles. The largest absolute Gasteiger partial charge is 0.383 e. The van der Waals surface area contributed by atoms with Crippen LogP contribution in [0.5, 0.6) is 0 Å². The van der Waals surface area contributed by atoms with Gasteiger partial charge in [-0.3, -0.25) is 14.4 Å². The topological polar surface area (TPSA) is 50.6 Å². The molecule has 3 rings (SSSR count). The van der Waals surface area contributed by atoms with Crippen LogP contribution in [0.2, 0.25) is 5.15 Å². The van der Waals surface area contributed by atoms with Crippen LogP contribution in [0.4, 0.5) is 0 Å². The molecule has 1 atom stereocenters. The Labute approximate surface area is 155 Å². The first kappa shape index (κ1) is 18.7. The number of ether oxygens (including phenoxy) is 1. The first-order valence-electron chi connectivity index (χ1n) is 9.21. The molecular weight excluding hydrogens is 340 g/mol. The fourth-order valence-electron chi connectivity index (χ4n) is 4.30. The van der Waals surface area contributed by atoms with Crippen LogP contribution in [-0.2, 0) is 29.5 Å². The molecule has 0 N–H and O–H groups in total. The molecule has 1 unspecified atom stereocenters. The minimum atomic E-state index is -0.215. The zero-order chi connectivity index (χ0) is 18.0. The summed E-state index contributed by atoms with van der Waals surface area (Å²) < 4.78 is 6.91. The summed E-state index contributed by atoms with van der Waals surface area (Å²) in [6, 6.07) is 0. The maximum Gasteiger partial charge on any atom is 0.230 e. The number of aromatic nitrogens is 2. The molecular formula is C18H29ClN4O2. The summed E-state index contributed by atoms with van der Waals surface area (Å²) >= 11 is 6.44. The van der Waals surface area contributed by atoms with E-state index in [1.807, 2.05) is 11.9 Å². The van der Waals surface area contributed by atoms with Gasteiger partial charge >= 0.3 is 0 Å². The van der Waals surface area contributed by atoms with Gasteiger partial charge < -0.3 is 9.64 Å². The van der Waals surface area contributed by atoms with Gasteiger partial charge in [0.2, 0.25) is 5.91 Å². The lowest BCUT2D eigenvalue weighted by Crippen LogP contribution is -2.50. The summed E-state index contributed by atoms with van der Waals surface area (Å²) in [7, 11) is 3.57. The van der Waals surface area contributed by atoms with E-state index in [1.54, 1.807) is 11.8 Å². The maximum atomic E-state index is 13.0. The van der Waals surface area contributed by atoms with Gasteiger partial charge in [-0.05, 0) is 32.2 Å². The standard InChI is InChI=1S/C18H29ClN4O2/c1-4-15-14(16(19)21(2)20-15)12-22-9-7-18(13-22)6-5-8-23(17(18)24)10-11-25-3/h4-13H2,1-3H3. The Kier molecular flexibility index (Phi) is 5.71. The van der Waals surface area contributed by atoms with Crippen LogP contribution in [0.15, 0.2) is 0 Å². The quantitative estimate of drug-likeness (QED) is 0.771. The third-order valence-corrected chi connectivity index (χ3v) is 6.16. The molecule has 2 aliphatic heterocycles. The van der Waals surface area contributed by atoms with Crippen molar-refractivity contribution in [3.63, 3.8) is 0 Å². The second-order valence-corrected chi connectivity index (χ2v) is 7.68. The average Bonchev–Trinajstić information content (AvgIpc) is 3.13. The number of carbonyl (C=O) groups excluding carboxylic acids is 1. The van der Waals surface area contributed by atoms with Crippen molar-refractivity contribution >= 4 is 17.5 Å². The van der Waals surface area contributed by atoms with Gasteiger partial charge in [0, 0.05) is 45.9 Å². The van der Waals surface area contributed by atoms with Crippen molar-refractivity contribution in [1.29, 1.82) is 0 Å². The summed E-state index contributed by atoms with van der Waals surface area (Å²) in [5.41, 5.74) is 1.96. The van der Waals surface area contributed by atoms with Crippen molar-refractivity contribution in [2.24, 2.45) is 12.5 Å². The van der Waals surface area contributed by atoms with E-state index in [2.05, 4.69) is 16.9 Å². The molecule has 0 bridgehead atoms. The molecule has 0 aliphatic carbocycles. The molecule has 1 aromatic rings. The highest BCUT2D eigenvalue weighted by Gasteiger charge is 2.48. The second kappa shape index (κ2) is 7.64. The van der Waals surface area contributed by atoms with Crippen molar-refractivity contribution in [3.05, 3.63) is 16.4 Å². The number of hydrogen-bond donors (Lipinski definition) is 0. The summed E-state index contributed by atoms with van der Waals surface area (Å²) in [5.74, 6) is 0.311. The molecule has 1 amide bonds. The fraction of sp³-hybridized carbons (Fsp3) is 0.778. The van der Waals surface area contributed by atoms with Gasteiger partial charge in [-0.15, -0.1) is 0 Å². The van der Waals surface area contributed by atoms with Gasteiger partial charge in [0.25, 0.3) is 0 Å². The lowest BCUT2D eigenvalue weighted by atomic mass is 9.78. The number of rotatable bonds is 6. The summed E-state index contributed by atoms with van der Waals surface area (Å²) in [6.45, 7) is 6.82. The molecule has 7 heteroatoms. The second-order valence-electron chi connectivity index (χ2n) is 7.32. The number of piperidine rings is 1. The predicted molar refractivity (Wildman–Crippen MR) is 97.6 cm³/mol. The number of methoxy groups -OCH3 is 1. The highest BCUT2D eigenvalue weighted by atomic mass is 35.5. The highest BCUT2D eigenvalue weighted by molar-refractivity contribution is 6.30. The fourth-order valence-corrected chi connectivity index (χ4v) is 4.51. The molecule has 3 heterocycles. The lowest BCUT2D eigenvalue weighted by molar-refractivity contribution is -0.146. The molecule has 0 radical (unpaired) electrons. The normalized spacial score (nSPS) is 24.6. The Hall–Kier alpha value is -1.11. The smallest absolute Gasteiger partial charge is 0.230 e. The Morgan fingerprint density at radius 2 is 2.12 bits per heavy atom. The van der Waals surface area contributed by atoms with Crippen molar-refractivity contribution in [1.82, 2.24) is 19.6 Å². The van der Waals surface area contributed by atoms with Crippen LogP contribution in [0.3, 0.4) is 0 Å². The number of halogens is 1. The van der Waals surface area contributed by atoms with E-state index in [1.165, 1.54) is 0 Å². The molecule has 2 saturated heterocycles. The van der Waals surface area contributed by atoms with E-state index < -0.39 is 0 Å². The lowest BCUT2D eigenvalue weighted by Gasteiger charge is -2.39. The third-order valence-electron chi connectivity index (χ3n) is 5.69. The van der Waals surface area contributed by atoms with Crippen molar-refractivity contribution in [3.8, 4) is 0 Å². The molecule has 0 saturated carbocycles. The monoisotopic (exact) mass is 368 g/mol. The van der Waals surface area contributed by atoms with E-state index in [0.29, 0.717) is 19.1 Å². The number of hydrogen-bond acceptors (Lipinski definition) is 4. The molecule has 25 heavy (non-hydrogen) atoms. The Morgan fingerprint density at radius 1 is 1.32 bits per heavy atom. The van der Waals surface area contributed by atoms with Gasteiger partial charge in [-0.25, -0.2) is 0 Å². The van der Waals surface area contributed by atoms with Crippen LogP contribution in [0, 0.1) is 5.41 Å². The van der Waals surface area contributed by atoms with Crippen molar-refractivity contribution in [2.45, 2.75) is 39.2 Å². The number of likely N-dealkylation sites (tertiary alicyclic amines) is 2. The predicted octanol–water partition coefficient (Wildman–Crippen LogP) is 2.10. The van der Waals surface area contributed by atoms with Gasteiger partial charge in [0.1, 0.15) is 5.15 Å². The maximum absolute atomic E-state index is 13.0. The van der Waals surface area contributed by atoms with Crippen molar-refractivity contribution in [2.75, 3.05) is 39.9 Å². The third kappa shape index (κ3) is 3.57. The van der Waals surface area contributed by atoms with Gasteiger partial charge in [0.05, 0.1) is 17.7 Å². The Morgan fingerprint density at radius 3 is 2.84 bits per heavy atom. The summed E-state index contributed by atoms with van der Waals surface area (Å²) in [6.07, 6.45) is 3.89. The molecule has 6 nitrogen and oxygen atoms in total. The number of aryl methyl sites for hydroxylation is 2. The number of nitrogens with zero attached hydrogens (tertiary/aromatic N) is 4. The van der Waals surface area contributed by atoms with Gasteiger partial charge in [-0.2, -0.15) is 5.10 Å². The zero-order valence-electron chi connectivity index (χ0n) is 15.6. The van der Waals surface area contributed by atoms with Gasteiger partial charge in [-0.1, -0.05) is 18.5 Å². The summed E-state index contributed by atoms with van der Waals surface area (Å²) in [4.78, 5) is 17.4. The molecule has 2 fully saturated rings. The zero-order valence-corrected chi connectivity index (χ0v) is 16.3. The van der Waals surface area contributed by atoms with Crippen LogP contribution in [0.1, 0.15) is 37.4 Å². The SMILES string of the molecule is CCc1nn(C)c(Cl)c1CN1CCC2(CCCN(CCOC)C2=O)C1. The first-order chi connectivity index (χ1) is 12.0. The molecule has 1 spiro atoms. The van der Waals surface area contributed by atoms with Crippen LogP contribution < -0.4 is 0 Å². The molecule has 140 valence electrons. The van der Waals surface area contributed by atoms with E-state index >= 15 is 0 Å². The molecule has 2 aliphatic rings.